The van der Waals surface area contributed by atoms with Gasteiger partial charge in [0.1, 0.15) is 5.82 Å². The van der Waals surface area contributed by atoms with Crippen molar-refractivity contribution < 1.29 is 12.8 Å². The van der Waals surface area contributed by atoms with Crippen LogP contribution in [0.25, 0.3) is 0 Å². The number of halogens is 3. The zero-order chi connectivity index (χ0) is 14.6. The Kier molecular flexibility index (Phi) is 7.56. The lowest BCUT2D eigenvalue weighted by atomic mass is 9.96. The Bertz CT molecular complexity index is 565. The maximum absolute atomic E-state index is 13.4. The van der Waals surface area contributed by atoms with Crippen LogP contribution in [-0.4, -0.2) is 28.1 Å². The average Bonchev–Trinajstić information content (AvgIpc) is 2.43. The van der Waals surface area contributed by atoms with E-state index in [1.54, 1.807) is 0 Å². The van der Waals surface area contributed by atoms with Gasteiger partial charge in [0.15, 0.2) is 0 Å². The first-order chi connectivity index (χ1) is 9.49. The molecular formula is C13H19BrClFN2O2S. The third-order valence-corrected chi connectivity index (χ3v) is 5.55. The molecule has 0 aromatic heterocycles. The maximum Gasteiger partial charge on any atom is 0.240 e. The van der Waals surface area contributed by atoms with Crippen LogP contribution in [0.5, 0.6) is 0 Å². The van der Waals surface area contributed by atoms with Gasteiger partial charge in [0.25, 0.3) is 0 Å². The van der Waals surface area contributed by atoms with Crippen LogP contribution in [0.4, 0.5) is 4.39 Å². The van der Waals surface area contributed by atoms with Gasteiger partial charge in [0.05, 0.1) is 9.37 Å². The highest BCUT2D eigenvalue weighted by Gasteiger charge is 2.17. The first-order valence-corrected chi connectivity index (χ1v) is 8.92. The van der Waals surface area contributed by atoms with E-state index in [1.807, 2.05) is 0 Å². The summed E-state index contributed by atoms with van der Waals surface area (Å²) in [6.07, 6.45) is 3.06. The van der Waals surface area contributed by atoms with Gasteiger partial charge in [0, 0.05) is 6.54 Å². The van der Waals surface area contributed by atoms with Crippen LogP contribution in [0.2, 0.25) is 0 Å². The van der Waals surface area contributed by atoms with Crippen LogP contribution in [0, 0.1) is 11.7 Å². The Hall–Kier alpha value is -0.210. The van der Waals surface area contributed by atoms with Gasteiger partial charge >= 0.3 is 0 Å². The number of hydrogen-bond acceptors (Lipinski definition) is 3. The zero-order valence-corrected chi connectivity index (χ0v) is 14.7. The van der Waals surface area contributed by atoms with Crippen LogP contribution in [-0.2, 0) is 10.0 Å². The minimum absolute atomic E-state index is 0. The molecule has 0 amide bonds. The molecule has 1 saturated heterocycles. The van der Waals surface area contributed by atoms with E-state index in [1.165, 1.54) is 12.1 Å². The van der Waals surface area contributed by atoms with Gasteiger partial charge in [-0.3, -0.25) is 0 Å². The molecule has 1 heterocycles. The van der Waals surface area contributed by atoms with Crippen molar-refractivity contribution in [2.24, 2.45) is 5.92 Å². The van der Waals surface area contributed by atoms with E-state index in [2.05, 4.69) is 26.0 Å². The highest BCUT2D eigenvalue weighted by atomic mass is 79.9. The second-order valence-electron chi connectivity index (χ2n) is 4.97. The molecule has 0 saturated carbocycles. The first-order valence-electron chi connectivity index (χ1n) is 6.64. The van der Waals surface area contributed by atoms with Crippen molar-refractivity contribution >= 4 is 38.4 Å². The van der Waals surface area contributed by atoms with Crippen molar-refractivity contribution in [1.29, 1.82) is 0 Å². The monoisotopic (exact) mass is 400 g/mol. The summed E-state index contributed by atoms with van der Waals surface area (Å²) < 4.78 is 40.2. The molecule has 8 heteroatoms. The summed E-state index contributed by atoms with van der Waals surface area (Å²) in [4.78, 5) is -0.0417. The molecule has 0 radical (unpaired) electrons. The minimum atomic E-state index is -3.63. The van der Waals surface area contributed by atoms with Crippen LogP contribution < -0.4 is 10.0 Å². The molecule has 1 unspecified atom stereocenters. The molecule has 2 N–H and O–H groups in total. The van der Waals surface area contributed by atoms with Gasteiger partial charge in [-0.1, -0.05) is 0 Å². The molecule has 1 aromatic rings. The Balaban J connectivity index is 0.00000220. The molecule has 2 rings (SSSR count). The summed E-state index contributed by atoms with van der Waals surface area (Å²) in [6, 6.07) is 3.81. The fraction of sp³-hybridized carbons (Fsp3) is 0.538. The minimum Gasteiger partial charge on any atom is -0.316 e. The Labute approximate surface area is 139 Å². The topological polar surface area (TPSA) is 58.2 Å². The summed E-state index contributed by atoms with van der Waals surface area (Å²) in [5.74, 6) is -0.0718. The Morgan fingerprint density at radius 3 is 2.81 bits per heavy atom. The third-order valence-electron chi connectivity index (χ3n) is 3.44. The lowest BCUT2D eigenvalue weighted by Gasteiger charge is -2.22. The van der Waals surface area contributed by atoms with E-state index >= 15 is 0 Å². The lowest BCUT2D eigenvalue weighted by Crippen LogP contribution is -2.33. The smallest absolute Gasteiger partial charge is 0.240 e. The van der Waals surface area contributed by atoms with Crippen LogP contribution in [0.3, 0.4) is 0 Å². The van der Waals surface area contributed by atoms with Crippen molar-refractivity contribution in [1.82, 2.24) is 10.0 Å². The SMILES string of the molecule is Cl.O=S(=O)(NCCC1CCCNC1)c1ccc(Br)c(F)c1. The summed E-state index contributed by atoms with van der Waals surface area (Å²) in [5, 5.41) is 3.30. The van der Waals surface area contributed by atoms with Gasteiger partial charge in [-0.15, -0.1) is 12.4 Å². The number of hydrogen-bond donors (Lipinski definition) is 2. The number of nitrogens with one attached hydrogen (secondary N) is 2. The maximum atomic E-state index is 13.4. The standard InChI is InChI=1S/C13H18BrFN2O2S.ClH/c14-12-4-3-11(8-13(12)15)20(18,19)17-7-5-10-2-1-6-16-9-10;/h3-4,8,10,16-17H,1-2,5-7,9H2;1H. The molecule has 1 atom stereocenters. The zero-order valence-electron chi connectivity index (χ0n) is 11.4. The summed E-state index contributed by atoms with van der Waals surface area (Å²) in [6.45, 7) is 2.36. The fourth-order valence-corrected chi connectivity index (χ4v) is 3.60. The van der Waals surface area contributed by atoms with E-state index in [9.17, 15) is 12.8 Å². The quantitative estimate of drug-likeness (QED) is 0.797. The van der Waals surface area contributed by atoms with Crippen molar-refractivity contribution in [3.8, 4) is 0 Å². The second-order valence-corrected chi connectivity index (χ2v) is 7.60. The molecule has 120 valence electrons. The van der Waals surface area contributed by atoms with Crippen molar-refractivity contribution in [2.75, 3.05) is 19.6 Å². The average molecular weight is 402 g/mol. The highest BCUT2D eigenvalue weighted by molar-refractivity contribution is 9.10. The summed E-state index contributed by atoms with van der Waals surface area (Å²) in [5.41, 5.74) is 0. The van der Waals surface area contributed by atoms with Crippen molar-refractivity contribution in [3.63, 3.8) is 0 Å². The molecule has 4 nitrogen and oxygen atoms in total. The first kappa shape index (κ1) is 18.8. The van der Waals surface area contributed by atoms with E-state index < -0.39 is 15.8 Å². The molecule has 1 aliphatic heterocycles. The van der Waals surface area contributed by atoms with Gasteiger partial charge in [-0.25, -0.2) is 17.5 Å². The lowest BCUT2D eigenvalue weighted by molar-refractivity contribution is 0.358. The van der Waals surface area contributed by atoms with E-state index in [0.717, 1.165) is 38.4 Å². The molecule has 1 aliphatic rings. The molecule has 0 aliphatic carbocycles. The summed E-state index contributed by atoms with van der Waals surface area (Å²) in [7, 11) is -3.63. The number of sulfonamides is 1. The predicted molar refractivity (Wildman–Crippen MR) is 86.7 cm³/mol. The normalized spacial score (nSPS) is 19.0. The molecule has 1 fully saturated rings. The van der Waals surface area contributed by atoms with Crippen LogP contribution in [0.1, 0.15) is 19.3 Å². The molecule has 0 spiro atoms. The molecule has 0 bridgehead atoms. The molecular weight excluding hydrogens is 383 g/mol. The molecule has 1 aromatic carbocycles. The van der Waals surface area contributed by atoms with Gasteiger partial charge < -0.3 is 5.32 Å². The van der Waals surface area contributed by atoms with E-state index in [0.29, 0.717) is 12.5 Å². The highest BCUT2D eigenvalue weighted by Crippen LogP contribution is 2.19. The van der Waals surface area contributed by atoms with Gasteiger partial charge in [0.2, 0.25) is 10.0 Å². The van der Waals surface area contributed by atoms with Crippen molar-refractivity contribution in [3.05, 3.63) is 28.5 Å². The van der Waals surface area contributed by atoms with E-state index in [-0.39, 0.29) is 21.8 Å². The van der Waals surface area contributed by atoms with Crippen molar-refractivity contribution in [2.45, 2.75) is 24.2 Å². The predicted octanol–water partition coefficient (Wildman–Crippen LogP) is 2.68. The second kappa shape index (κ2) is 8.43. The van der Waals surface area contributed by atoms with Crippen LogP contribution in [0.15, 0.2) is 27.6 Å². The van der Waals surface area contributed by atoms with Gasteiger partial charge in [-0.2, -0.15) is 0 Å². The number of benzene rings is 1. The number of rotatable bonds is 5. The number of piperidine rings is 1. The van der Waals surface area contributed by atoms with E-state index in [4.69, 9.17) is 0 Å². The Morgan fingerprint density at radius 2 is 2.19 bits per heavy atom. The largest absolute Gasteiger partial charge is 0.316 e. The van der Waals surface area contributed by atoms with Crippen LogP contribution >= 0.6 is 28.3 Å². The Morgan fingerprint density at radius 1 is 1.43 bits per heavy atom. The molecule has 21 heavy (non-hydrogen) atoms. The van der Waals surface area contributed by atoms with Gasteiger partial charge in [-0.05, 0) is 72.4 Å². The fourth-order valence-electron chi connectivity index (χ4n) is 2.30. The third kappa shape index (κ3) is 5.49. The summed E-state index contributed by atoms with van der Waals surface area (Å²) >= 11 is 3.00.